The van der Waals surface area contributed by atoms with Crippen molar-refractivity contribution in [3.63, 3.8) is 0 Å². The Hall–Kier alpha value is -1.00. The van der Waals surface area contributed by atoms with Gasteiger partial charge in [-0.3, -0.25) is 0 Å². The standard InChI is InChI=1S/C17H31N3O/c1-7-9-16(21-6)17-19-13(4)15(14(5)20-17)10-8-11-18-12(2)3/h12,16,18H,7-11H2,1-6H3. The average Bonchev–Trinajstić information content (AvgIpc) is 2.42. The third-order valence-corrected chi connectivity index (χ3v) is 3.72. The molecule has 0 amide bonds. The minimum absolute atomic E-state index is 0.0176. The molecular formula is C17H31N3O. The monoisotopic (exact) mass is 293 g/mol. The van der Waals surface area contributed by atoms with Crippen molar-refractivity contribution in [2.45, 2.75) is 72.4 Å². The summed E-state index contributed by atoms with van der Waals surface area (Å²) in [5.74, 6) is 0.832. The van der Waals surface area contributed by atoms with Gasteiger partial charge in [-0.2, -0.15) is 0 Å². The van der Waals surface area contributed by atoms with E-state index in [2.05, 4.69) is 49.9 Å². The number of ether oxygens (including phenoxy) is 1. The molecule has 0 saturated heterocycles. The molecule has 120 valence electrons. The van der Waals surface area contributed by atoms with Crippen LogP contribution in [0.25, 0.3) is 0 Å². The average molecular weight is 293 g/mol. The largest absolute Gasteiger partial charge is 0.373 e. The number of methoxy groups -OCH3 is 1. The van der Waals surface area contributed by atoms with Crippen molar-refractivity contribution >= 4 is 0 Å². The molecule has 0 saturated carbocycles. The molecule has 0 aliphatic carbocycles. The topological polar surface area (TPSA) is 47.0 Å². The van der Waals surface area contributed by atoms with Gasteiger partial charge < -0.3 is 10.1 Å². The molecule has 0 aliphatic heterocycles. The van der Waals surface area contributed by atoms with Crippen LogP contribution in [-0.4, -0.2) is 29.7 Å². The number of nitrogens with one attached hydrogen (secondary N) is 1. The van der Waals surface area contributed by atoms with Crippen LogP contribution in [0.4, 0.5) is 0 Å². The van der Waals surface area contributed by atoms with Gasteiger partial charge in [0, 0.05) is 24.5 Å². The van der Waals surface area contributed by atoms with Crippen molar-refractivity contribution < 1.29 is 4.74 Å². The molecule has 21 heavy (non-hydrogen) atoms. The number of aromatic nitrogens is 2. The summed E-state index contributed by atoms with van der Waals surface area (Å²) in [4.78, 5) is 9.36. The SMILES string of the molecule is CCCC(OC)c1nc(C)c(CCCNC(C)C)c(C)n1. The summed E-state index contributed by atoms with van der Waals surface area (Å²) in [6.45, 7) is 11.7. The van der Waals surface area contributed by atoms with E-state index in [4.69, 9.17) is 4.74 Å². The summed E-state index contributed by atoms with van der Waals surface area (Å²) < 4.78 is 5.52. The number of hydrogen-bond acceptors (Lipinski definition) is 4. The highest BCUT2D eigenvalue weighted by molar-refractivity contribution is 5.25. The lowest BCUT2D eigenvalue weighted by molar-refractivity contribution is 0.0872. The normalized spacial score (nSPS) is 12.9. The first-order valence-corrected chi connectivity index (χ1v) is 8.09. The minimum Gasteiger partial charge on any atom is -0.373 e. The fourth-order valence-electron chi connectivity index (χ4n) is 2.54. The second-order valence-corrected chi connectivity index (χ2v) is 5.96. The van der Waals surface area contributed by atoms with Crippen molar-refractivity contribution in [1.29, 1.82) is 0 Å². The maximum atomic E-state index is 5.52. The van der Waals surface area contributed by atoms with Crippen LogP contribution in [0.3, 0.4) is 0 Å². The molecule has 0 fully saturated rings. The quantitative estimate of drug-likeness (QED) is 0.708. The summed E-state index contributed by atoms with van der Waals surface area (Å²) in [5.41, 5.74) is 3.48. The van der Waals surface area contributed by atoms with Crippen LogP contribution in [0.1, 0.15) is 68.9 Å². The molecule has 0 spiro atoms. The Morgan fingerprint density at radius 3 is 2.24 bits per heavy atom. The van der Waals surface area contributed by atoms with Gasteiger partial charge in [-0.25, -0.2) is 9.97 Å². The first-order valence-electron chi connectivity index (χ1n) is 8.09. The van der Waals surface area contributed by atoms with E-state index in [1.165, 1.54) is 5.56 Å². The molecule has 0 aliphatic rings. The molecule has 1 aromatic heterocycles. The van der Waals surface area contributed by atoms with Gasteiger partial charge in [0.1, 0.15) is 6.10 Å². The predicted octanol–water partition coefficient (Wildman–Crippen LogP) is 3.51. The van der Waals surface area contributed by atoms with Crippen LogP contribution >= 0.6 is 0 Å². The van der Waals surface area contributed by atoms with E-state index >= 15 is 0 Å². The zero-order chi connectivity index (χ0) is 15.8. The Bertz CT molecular complexity index is 409. The summed E-state index contributed by atoms with van der Waals surface area (Å²) in [5, 5.41) is 3.45. The third-order valence-electron chi connectivity index (χ3n) is 3.72. The van der Waals surface area contributed by atoms with Gasteiger partial charge in [0.25, 0.3) is 0 Å². The maximum absolute atomic E-state index is 5.52. The first-order chi connectivity index (χ1) is 9.99. The van der Waals surface area contributed by atoms with Crippen molar-refractivity contribution in [3.05, 3.63) is 22.8 Å². The lowest BCUT2D eigenvalue weighted by Crippen LogP contribution is -2.24. The van der Waals surface area contributed by atoms with E-state index in [0.717, 1.165) is 49.4 Å². The van der Waals surface area contributed by atoms with Crippen LogP contribution in [0.5, 0.6) is 0 Å². The molecule has 1 unspecified atom stereocenters. The summed E-state index contributed by atoms with van der Waals surface area (Å²) in [6.07, 6.45) is 4.20. The molecule has 4 nitrogen and oxygen atoms in total. The number of aryl methyl sites for hydroxylation is 2. The second-order valence-electron chi connectivity index (χ2n) is 5.96. The molecule has 1 atom stereocenters. The molecule has 1 heterocycles. The fourth-order valence-corrected chi connectivity index (χ4v) is 2.54. The Morgan fingerprint density at radius 1 is 1.14 bits per heavy atom. The van der Waals surface area contributed by atoms with Gasteiger partial charge in [-0.1, -0.05) is 27.2 Å². The minimum atomic E-state index is 0.0176. The van der Waals surface area contributed by atoms with Crippen molar-refractivity contribution in [3.8, 4) is 0 Å². The van der Waals surface area contributed by atoms with Crippen LogP contribution in [0.15, 0.2) is 0 Å². The van der Waals surface area contributed by atoms with E-state index in [1.54, 1.807) is 7.11 Å². The van der Waals surface area contributed by atoms with E-state index in [0.29, 0.717) is 6.04 Å². The zero-order valence-electron chi connectivity index (χ0n) is 14.5. The third kappa shape index (κ3) is 5.71. The Morgan fingerprint density at radius 2 is 1.76 bits per heavy atom. The zero-order valence-corrected chi connectivity index (χ0v) is 14.5. The maximum Gasteiger partial charge on any atom is 0.157 e. The smallest absolute Gasteiger partial charge is 0.157 e. The van der Waals surface area contributed by atoms with Gasteiger partial charge in [-0.15, -0.1) is 0 Å². The predicted molar refractivity (Wildman–Crippen MR) is 87.6 cm³/mol. The van der Waals surface area contributed by atoms with Crippen molar-refractivity contribution in [2.75, 3.05) is 13.7 Å². The van der Waals surface area contributed by atoms with Gasteiger partial charge in [0.15, 0.2) is 5.82 Å². The Labute approximate surface area is 129 Å². The highest BCUT2D eigenvalue weighted by Crippen LogP contribution is 2.21. The van der Waals surface area contributed by atoms with Gasteiger partial charge in [0.05, 0.1) is 0 Å². The lowest BCUT2D eigenvalue weighted by atomic mass is 10.1. The van der Waals surface area contributed by atoms with E-state index < -0.39 is 0 Å². The molecule has 1 rings (SSSR count). The van der Waals surface area contributed by atoms with Crippen LogP contribution in [0.2, 0.25) is 0 Å². The Kier molecular flexibility index (Phi) is 7.83. The molecular weight excluding hydrogens is 262 g/mol. The second kappa shape index (κ2) is 9.11. The van der Waals surface area contributed by atoms with E-state index in [9.17, 15) is 0 Å². The molecule has 4 heteroatoms. The number of nitrogens with zero attached hydrogens (tertiary/aromatic N) is 2. The summed E-state index contributed by atoms with van der Waals surface area (Å²) in [6, 6.07) is 0.544. The highest BCUT2D eigenvalue weighted by atomic mass is 16.5. The van der Waals surface area contributed by atoms with Gasteiger partial charge >= 0.3 is 0 Å². The van der Waals surface area contributed by atoms with E-state index in [-0.39, 0.29) is 6.10 Å². The van der Waals surface area contributed by atoms with E-state index in [1.807, 2.05) is 0 Å². The summed E-state index contributed by atoms with van der Waals surface area (Å²) in [7, 11) is 1.74. The fraction of sp³-hybridized carbons (Fsp3) is 0.765. The van der Waals surface area contributed by atoms with Gasteiger partial charge in [-0.05, 0) is 45.2 Å². The molecule has 0 radical (unpaired) electrons. The van der Waals surface area contributed by atoms with Crippen molar-refractivity contribution in [2.24, 2.45) is 0 Å². The Balaban J connectivity index is 2.75. The molecule has 0 bridgehead atoms. The molecule has 1 aromatic rings. The highest BCUT2D eigenvalue weighted by Gasteiger charge is 2.16. The lowest BCUT2D eigenvalue weighted by Gasteiger charge is -2.17. The van der Waals surface area contributed by atoms with Crippen LogP contribution < -0.4 is 5.32 Å². The molecule has 0 aromatic carbocycles. The summed E-state index contributed by atoms with van der Waals surface area (Å²) >= 11 is 0. The molecule has 1 N–H and O–H groups in total. The van der Waals surface area contributed by atoms with Crippen LogP contribution in [-0.2, 0) is 11.2 Å². The van der Waals surface area contributed by atoms with Crippen molar-refractivity contribution in [1.82, 2.24) is 15.3 Å². The van der Waals surface area contributed by atoms with Crippen LogP contribution in [0, 0.1) is 13.8 Å². The first kappa shape index (κ1) is 18.1. The number of hydrogen-bond donors (Lipinski definition) is 1. The van der Waals surface area contributed by atoms with Gasteiger partial charge in [0.2, 0.25) is 0 Å². The number of rotatable bonds is 9.